The zero-order chi connectivity index (χ0) is 25.5. The first-order valence-electron chi connectivity index (χ1n) is 13.5. The van der Waals surface area contributed by atoms with Crippen molar-refractivity contribution in [2.24, 2.45) is 0 Å². The van der Waals surface area contributed by atoms with E-state index in [2.05, 4.69) is 144 Å². The number of rotatable bonds is 2. The molecule has 0 saturated carbocycles. The second-order valence-electron chi connectivity index (χ2n) is 10.6. The van der Waals surface area contributed by atoms with Crippen molar-refractivity contribution < 1.29 is 0 Å². The quantitative estimate of drug-likeness (QED) is 0.226. The number of hydrogen-bond donors (Lipinski definition) is 0. The van der Waals surface area contributed by atoms with Gasteiger partial charge in [0.05, 0.1) is 16.6 Å². The molecule has 9 rings (SSSR count). The van der Waals surface area contributed by atoms with E-state index in [0.29, 0.717) is 0 Å². The number of hydrogen-bond acceptors (Lipinski definition) is 0. The normalized spacial score (nSPS) is 12.1. The minimum atomic E-state index is 1.24. The van der Waals surface area contributed by atoms with E-state index < -0.39 is 0 Å². The van der Waals surface area contributed by atoms with Crippen LogP contribution >= 0.6 is 0 Å². The summed E-state index contributed by atoms with van der Waals surface area (Å²) in [6, 6.07) is 51.3. The highest BCUT2D eigenvalue weighted by molar-refractivity contribution is 6.27. The Morgan fingerprint density at radius 1 is 0.333 bits per heavy atom. The van der Waals surface area contributed by atoms with Gasteiger partial charge in [-0.05, 0) is 80.2 Å². The Labute approximate surface area is 225 Å². The summed E-state index contributed by atoms with van der Waals surface area (Å²) in [7, 11) is 0. The van der Waals surface area contributed by atoms with Crippen molar-refractivity contribution >= 4 is 59.6 Å². The van der Waals surface area contributed by atoms with Crippen molar-refractivity contribution in [2.45, 2.75) is 0 Å². The van der Waals surface area contributed by atoms with Crippen LogP contribution in [0.1, 0.15) is 0 Å². The van der Waals surface area contributed by atoms with Gasteiger partial charge in [0, 0.05) is 21.5 Å². The SMILES string of the molecule is c1ccc(-c2ccccc2-c2cc3c4cc5ccccc5cc4n4c5cc6ccccc6cc5c(c2)c34)cc1. The van der Waals surface area contributed by atoms with E-state index in [-0.39, 0.29) is 0 Å². The number of fused-ring (bicyclic) bond motifs is 8. The molecule has 2 heterocycles. The van der Waals surface area contributed by atoms with E-state index >= 15 is 0 Å². The van der Waals surface area contributed by atoms with Crippen LogP contribution in [0.5, 0.6) is 0 Å². The van der Waals surface area contributed by atoms with Crippen LogP contribution in [0.25, 0.3) is 81.9 Å². The second-order valence-corrected chi connectivity index (χ2v) is 10.6. The first kappa shape index (κ1) is 20.9. The van der Waals surface area contributed by atoms with Gasteiger partial charge in [0.25, 0.3) is 0 Å². The predicted octanol–water partition coefficient (Wildman–Crippen LogP) is 10.5. The molecule has 39 heavy (non-hydrogen) atoms. The van der Waals surface area contributed by atoms with Crippen LogP contribution in [0, 0.1) is 0 Å². The summed E-state index contributed by atoms with van der Waals surface area (Å²) >= 11 is 0. The van der Waals surface area contributed by atoms with Gasteiger partial charge in [-0.1, -0.05) is 103 Å². The zero-order valence-electron chi connectivity index (χ0n) is 21.2. The molecule has 0 unspecified atom stereocenters. The first-order valence-corrected chi connectivity index (χ1v) is 13.5. The number of aromatic nitrogens is 1. The van der Waals surface area contributed by atoms with Crippen molar-refractivity contribution in [1.82, 2.24) is 4.40 Å². The molecule has 0 spiro atoms. The Bertz CT molecular complexity index is 2250. The molecule has 1 nitrogen and oxygen atoms in total. The molecule has 1 heteroatoms. The zero-order valence-corrected chi connectivity index (χ0v) is 21.2. The lowest BCUT2D eigenvalue weighted by Gasteiger charge is -2.11. The van der Waals surface area contributed by atoms with E-state index in [1.54, 1.807) is 0 Å². The van der Waals surface area contributed by atoms with Gasteiger partial charge in [0.15, 0.2) is 0 Å². The van der Waals surface area contributed by atoms with Crippen molar-refractivity contribution in [3.05, 3.63) is 140 Å². The summed E-state index contributed by atoms with van der Waals surface area (Å²) < 4.78 is 2.50. The molecule has 0 aliphatic heterocycles. The molecule has 0 N–H and O–H groups in total. The molecule has 0 saturated heterocycles. The van der Waals surface area contributed by atoms with Gasteiger partial charge in [-0.3, -0.25) is 0 Å². The smallest absolute Gasteiger partial charge is 0.0620 e. The highest BCUT2D eigenvalue weighted by Gasteiger charge is 2.20. The molecule has 0 amide bonds. The van der Waals surface area contributed by atoms with Gasteiger partial charge in [-0.25, -0.2) is 0 Å². The summed E-state index contributed by atoms with van der Waals surface area (Å²) in [5.41, 5.74) is 8.87. The third kappa shape index (κ3) is 2.90. The van der Waals surface area contributed by atoms with E-state index in [0.717, 1.165) is 0 Å². The average molecular weight is 494 g/mol. The van der Waals surface area contributed by atoms with Crippen LogP contribution < -0.4 is 0 Å². The van der Waals surface area contributed by atoms with Gasteiger partial charge in [0.1, 0.15) is 0 Å². The monoisotopic (exact) mass is 493 g/mol. The Morgan fingerprint density at radius 2 is 0.769 bits per heavy atom. The lowest BCUT2D eigenvalue weighted by molar-refractivity contribution is 1.38. The van der Waals surface area contributed by atoms with Crippen molar-refractivity contribution in [3.63, 3.8) is 0 Å². The van der Waals surface area contributed by atoms with Crippen LogP contribution in [-0.4, -0.2) is 4.40 Å². The van der Waals surface area contributed by atoms with Crippen LogP contribution in [0.4, 0.5) is 0 Å². The van der Waals surface area contributed by atoms with E-state index in [1.165, 1.54) is 81.9 Å². The first-order chi connectivity index (χ1) is 19.3. The molecule has 2 aromatic heterocycles. The molecule has 0 aliphatic rings. The topological polar surface area (TPSA) is 4.41 Å². The molecule has 0 bridgehead atoms. The van der Waals surface area contributed by atoms with Crippen LogP contribution in [0.2, 0.25) is 0 Å². The summed E-state index contributed by atoms with van der Waals surface area (Å²) in [6.07, 6.45) is 0. The summed E-state index contributed by atoms with van der Waals surface area (Å²) in [5, 5.41) is 10.3. The van der Waals surface area contributed by atoms with Crippen LogP contribution in [-0.2, 0) is 0 Å². The summed E-state index contributed by atoms with van der Waals surface area (Å²) in [4.78, 5) is 0. The van der Waals surface area contributed by atoms with E-state index in [4.69, 9.17) is 0 Å². The molecule has 7 aromatic carbocycles. The van der Waals surface area contributed by atoms with Crippen molar-refractivity contribution in [2.75, 3.05) is 0 Å². The lowest BCUT2D eigenvalue weighted by atomic mass is 9.92. The largest absolute Gasteiger partial charge is 0.308 e. The molecular formula is C38H23N. The summed E-state index contributed by atoms with van der Waals surface area (Å²) in [6.45, 7) is 0. The minimum Gasteiger partial charge on any atom is -0.308 e. The number of nitrogens with zero attached hydrogens (tertiary/aromatic N) is 1. The van der Waals surface area contributed by atoms with Gasteiger partial charge in [0.2, 0.25) is 0 Å². The second kappa shape index (κ2) is 7.69. The maximum absolute atomic E-state index is 2.50. The fraction of sp³-hybridized carbons (Fsp3) is 0. The summed E-state index contributed by atoms with van der Waals surface area (Å²) in [5.74, 6) is 0. The molecule has 0 radical (unpaired) electrons. The highest BCUT2D eigenvalue weighted by Crippen LogP contribution is 2.44. The Hall–Kier alpha value is -5.14. The standard InChI is InChI=1S/C38H23N/c1-2-10-24(11-3-1)30-16-8-9-17-31(30)29-20-34-32-18-25-12-4-6-14-27(25)22-36(32)39-37-23-28-15-7-5-13-26(28)19-33(37)35(21-29)38(34)39/h1-23H. The number of benzene rings is 7. The van der Waals surface area contributed by atoms with Gasteiger partial charge in [-0.15, -0.1) is 0 Å². The van der Waals surface area contributed by atoms with Crippen LogP contribution in [0.3, 0.4) is 0 Å². The minimum absolute atomic E-state index is 1.24. The highest BCUT2D eigenvalue weighted by atomic mass is 14.9. The molecule has 0 aliphatic carbocycles. The molecule has 0 fully saturated rings. The fourth-order valence-corrected chi connectivity index (χ4v) is 6.67. The predicted molar refractivity (Wildman–Crippen MR) is 167 cm³/mol. The fourth-order valence-electron chi connectivity index (χ4n) is 6.67. The van der Waals surface area contributed by atoms with E-state index in [9.17, 15) is 0 Å². The third-order valence-electron chi connectivity index (χ3n) is 8.45. The molecule has 0 atom stereocenters. The Kier molecular flexibility index (Phi) is 4.11. The van der Waals surface area contributed by atoms with Crippen molar-refractivity contribution in [1.29, 1.82) is 0 Å². The van der Waals surface area contributed by atoms with Gasteiger partial charge in [-0.2, -0.15) is 0 Å². The van der Waals surface area contributed by atoms with Crippen molar-refractivity contribution in [3.8, 4) is 22.3 Å². The average Bonchev–Trinajstić information content (AvgIpc) is 3.49. The Morgan fingerprint density at radius 3 is 1.31 bits per heavy atom. The molecule has 180 valence electrons. The third-order valence-corrected chi connectivity index (χ3v) is 8.45. The van der Waals surface area contributed by atoms with Gasteiger partial charge >= 0.3 is 0 Å². The van der Waals surface area contributed by atoms with Gasteiger partial charge < -0.3 is 4.40 Å². The van der Waals surface area contributed by atoms with Crippen LogP contribution in [0.15, 0.2) is 140 Å². The van der Waals surface area contributed by atoms with E-state index in [1.807, 2.05) is 0 Å². The maximum atomic E-state index is 2.50. The maximum Gasteiger partial charge on any atom is 0.0620 e. The lowest BCUT2D eigenvalue weighted by Crippen LogP contribution is -1.85. The molecular weight excluding hydrogens is 470 g/mol. The molecule has 9 aromatic rings. The Balaban J connectivity index is 1.48.